The maximum absolute atomic E-state index is 11.0. The minimum Gasteiger partial charge on any atom is -0.311 e. The van der Waals surface area contributed by atoms with Crippen LogP contribution in [0.4, 0.5) is 0 Å². The highest BCUT2D eigenvalue weighted by molar-refractivity contribution is 7.90. The van der Waals surface area contributed by atoms with Crippen molar-refractivity contribution in [3.63, 3.8) is 0 Å². The van der Waals surface area contributed by atoms with E-state index in [4.69, 9.17) is 0 Å². The van der Waals surface area contributed by atoms with E-state index in [9.17, 15) is 8.42 Å². The molecule has 0 radical (unpaired) electrons. The normalized spacial score (nSPS) is 11.9. The molecule has 0 atom stereocenters. The van der Waals surface area contributed by atoms with Gasteiger partial charge in [-0.05, 0) is 19.0 Å². The summed E-state index contributed by atoms with van der Waals surface area (Å²) in [5.74, 6) is 0.134. The van der Waals surface area contributed by atoms with Gasteiger partial charge in [-0.2, -0.15) is 5.10 Å². The van der Waals surface area contributed by atoms with Crippen LogP contribution >= 0.6 is 0 Å². The summed E-state index contributed by atoms with van der Waals surface area (Å²) < 4.78 is 23.8. The average Bonchev–Trinajstić information content (AvgIpc) is 2.62. The van der Waals surface area contributed by atoms with Crippen LogP contribution in [0, 0.1) is 0 Å². The monoisotopic (exact) mass is 245 g/mol. The lowest BCUT2D eigenvalue weighted by molar-refractivity contribution is 0.563. The Labute approximate surface area is 96.8 Å². The molecule has 1 rings (SSSR count). The first-order valence-corrected chi connectivity index (χ1v) is 7.48. The van der Waals surface area contributed by atoms with Crippen molar-refractivity contribution in [1.82, 2.24) is 15.1 Å². The van der Waals surface area contributed by atoms with Crippen LogP contribution in [0.25, 0.3) is 0 Å². The first kappa shape index (κ1) is 13.2. The molecule has 0 aliphatic rings. The minimum atomic E-state index is -2.92. The molecule has 0 spiro atoms. The van der Waals surface area contributed by atoms with Crippen molar-refractivity contribution in [2.24, 2.45) is 0 Å². The number of sulfone groups is 1. The predicted molar refractivity (Wildman–Crippen MR) is 63.9 cm³/mol. The van der Waals surface area contributed by atoms with Crippen LogP contribution in [0.15, 0.2) is 12.3 Å². The number of hydrogen-bond donors (Lipinski definition) is 1. The summed E-state index contributed by atoms with van der Waals surface area (Å²) in [7, 11) is -2.92. The zero-order valence-corrected chi connectivity index (χ0v) is 10.6. The molecule has 0 amide bonds. The number of nitrogens with one attached hydrogen (secondary N) is 1. The second-order valence-electron chi connectivity index (χ2n) is 3.85. The van der Waals surface area contributed by atoms with Crippen LogP contribution < -0.4 is 5.32 Å². The summed E-state index contributed by atoms with van der Waals surface area (Å²) in [5.41, 5.74) is 1.03. The molecular weight excluding hydrogens is 226 g/mol. The zero-order chi connectivity index (χ0) is 12.0. The highest BCUT2D eigenvalue weighted by Crippen LogP contribution is 1.99. The fourth-order valence-electron chi connectivity index (χ4n) is 1.36. The van der Waals surface area contributed by atoms with Gasteiger partial charge in [-0.3, -0.25) is 4.68 Å². The van der Waals surface area contributed by atoms with E-state index in [1.807, 2.05) is 6.07 Å². The van der Waals surface area contributed by atoms with Crippen molar-refractivity contribution in [3.05, 3.63) is 18.0 Å². The van der Waals surface area contributed by atoms with Crippen LogP contribution in [-0.4, -0.2) is 36.8 Å². The Morgan fingerprint density at radius 2 is 2.25 bits per heavy atom. The number of aromatic nitrogens is 2. The van der Waals surface area contributed by atoms with Crippen LogP contribution in [0.1, 0.15) is 19.0 Å². The van der Waals surface area contributed by atoms with Crippen LogP contribution in [-0.2, 0) is 22.9 Å². The smallest absolute Gasteiger partial charge is 0.149 e. The van der Waals surface area contributed by atoms with Gasteiger partial charge in [-0.25, -0.2) is 8.42 Å². The topological polar surface area (TPSA) is 64.0 Å². The highest BCUT2D eigenvalue weighted by Gasteiger charge is 2.06. The number of aryl methyl sites for hydroxylation is 1. The molecular formula is C10H19N3O2S. The molecule has 0 aromatic carbocycles. The lowest BCUT2D eigenvalue weighted by atomic mass is 10.4. The molecule has 0 aliphatic heterocycles. The largest absolute Gasteiger partial charge is 0.311 e. The molecule has 5 nitrogen and oxygen atoms in total. The molecule has 0 bridgehead atoms. The maximum atomic E-state index is 11.0. The Morgan fingerprint density at radius 3 is 2.88 bits per heavy atom. The van der Waals surface area contributed by atoms with Crippen LogP contribution in [0.5, 0.6) is 0 Å². The van der Waals surface area contributed by atoms with Gasteiger partial charge in [-0.1, -0.05) is 6.92 Å². The van der Waals surface area contributed by atoms with E-state index in [1.165, 1.54) is 6.26 Å². The quantitative estimate of drug-likeness (QED) is 0.707. The average molecular weight is 245 g/mol. The van der Waals surface area contributed by atoms with Gasteiger partial charge in [0.2, 0.25) is 0 Å². The van der Waals surface area contributed by atoms with E-state index in [2.05, 4.69) is 17.3 Å². The van der Waals surface area contributed by atoms with Gasteiger partial charge in [0.1, 0.15) is 9.84 Å². The summed E-state index contributed by atoms with van der Waals surface area (Å²) in [6, 6.07) is 1.91. The van der Waals surface area contributed by atoms with Crippen molar-refractivity contribution in [3.8, 4) is 0 Å². The molecule has 0 aliphatic carbocycles. The van der Waals surface area contributed by atoms with Gasteiger partial charge in [0, 0.05) is 19.0 Å². The third kappa shape index (κ3) is 4.76. The summed E-state index contributed by atoms with van der Waals surface area (Å²) in [5, 5.41) is 7.37. The van der Waals surface area contributed by atoms with Gasteiger partial charge in [0.15, 0.2) is 0 Å². The van der Waals surface area contributed by atoms with Crippen LogP contribution in [0.3, 0.4) is 0 Å². The lowest BCUT2D eigenvalue weighted by Crippen LogP contribution is -2.19. The van der Waals surface area contributed by atoms with Crippen molar-refractivity contribution in [1.29, 1.82) is 0 Å². The Kier molecular flexibility index (Phi) is 4.95. The Balaban J connectivity index is 2.50. The molecule has 92 valence electrons. The molecule has 16 heavy (non-hydrogen) atoms. The van der Waals surface area contributed by atoms with Gasteiger partial charge in [0.25, 0.3) is 0 Å². The third-order valence-electron chi connectivity index (χ3n) is 2.21. The molecule has 0 fully saturated rings. The molecule has 1 heterocycles. The first-order valence-electron chi connectivity index (χ1n) is 5.42. The minimum absolute atomic E-state index is 0.134. The molecule has 1 N–H and O–H groups in total. The molecule has 6 heteroatoms. The molecule has 0 unspecified atom stereocenters. The van der Waals surface area contributed by atoms with Gasteiger partial charge >= 0.3 is 0 Å². The summed E-state index contributed by atoms with van der Waals surface area (Å²) in [6.07, 6.45) is 4.02. The van der Waals surface area contributed by atoms with Crippen molar-refractivity contribution < 1.29 is 8.42 Å². The molecule has 0 saturated carbocycles. The third-order valence-corrected chi connectivity index (χ3v) is 3.14. The first-order chi connectivity index (χ1) is 7.53. The summed E-state index contributed by atoms with van der Waals surface area (Å²) in [6.45, 7) is 4.22. The SMILES string of the molecule is CCCNCc1ccnn1CCS(C)(=O)=O. The van der Waals surface area contributed by atoms with E-state index < -0.39 is 9.84 Å². The second-order valence-corrected chi connectivity index (χ2v) is 6.11. The second kappa shape index (κ2) is 6.00. The van der Waals surface area contributed by atoms with E-state index in [0.717, 1.165) is 25.2 Å². The summed E-state index contributed by atoms with van der Waals surface area (Å²) in [4.78, 5) is 0. The highest BCUT2D eigenvalue weighted by atomic mass is 32.2. The van der Waals surface area contributed by atoms with Crippen molar-refractivity contribution in [2.75, 3.05) is 18.6 Å². The summed E-state index contributed by atoms with van der Waals surface area (Å²) >= 11 is 0. The molecule has 0 saturated heterocycles. The number of nitrogens with zero attached hydrogens (tertiary/aromatic N) is 2. The Bertz CT molecular complexity index is 411. The zero-order valence-electron chi connectivity index (χ0n) is 9.81. The van der Waals surface area contributed by atoms with Crippen LogP contribution in [0.2, 0.25) is 0 Å². The fourth-order valence-corrected chi connectivity index (χ4v) is 1.86. The number of rotatable bonds is 7. The predicted octanol–water partition coefficient (Wildman–Crippen LogP) is 0.427. The maximum Gasteiger partial charge on any atom is 0.149 e. The van der Waals surface area contributed by atoms with Gasteiger partial charge in [-0.15, -0.1) is 0 Å². The molecule has 1 aromatic heterocycles. The molecule has 1 aromatic rings. The van der Waals surface area contributed by atoms with Crippen molar-refractivity contribution >= 4 is 9.84 Å². The Morgan fingerprint density at radius 1 is 1.50 bits per heavy atom. The van der Waals surface area contributed by atoms with Gasteiger partial charge in [0.05, 0.1) is 18.0 Å². The van der Waals surface area contributed by atoms with E-state index in [1.54, 1.807) is 10.9 Å². The lowest BCUT2D eigenvalue weighted by Gasteiger charge is -2.07. The van der Waals surface area contributed by atoms with Crippen molar-refractivity contribution in [2.45, 2.75) is 26.4 Å². The van der Waals surface area contributed by atoms with E-state index in [0.29, 0.717) is 6.54 Å². The fraction of sp³-hybridized carbons (Fsp3) is 0.700. The number of hydrogen-bond acceptors (Lipinski definition) is 4. The Hall–Kier alpha value is -0.880. The van der Waals surface area contributed by atoms with E-state index >= 15 is 0 Å². The standard InChI is InChI=1S/C10H19N3O2S/c1-3-5-11-9-10-4-6-12-13(10)7-8-16(2,14)15/h4,6,11H,3,5,7-9H2,1-2H3. The van der Waals surface area contributed by atoms with Gasteiger partial charge < -0.3 is 5.32 Å². The van der Waals surface area contributed by atoms with E-state index in [-0.39, 0.29) is 5.75 Å².